The molecule has 1 unspecified atom stereocenters. The first kappa shape index (κ1) is 21.3. The van der Waals surface area contributed by atoms with E-state index in [9.17, 15) is 19.2 Å². The lowest BCUT2D eigenvalue weighted by molar-refractivity contribution is -0.136. The number of hydrogen-bond donors (Lipinski definition) is 3. The Balaban J connectivity index is 1.33. The highest BCUT2D eigenvalue weighted by atomic mass is 16.2. The van der Waals surface area contributed by atoms with Crippen molar-refractivity contribution in [2.45, 2.75) is 44.8 Å². The van der Waals surface area contributed by atoms with E-state index in [1.54, 1.807) is 24.4 Å². The van der Waals surface area contributed by atoms with Gasteiger partial charge in [-0.05, 0) is 49.9 Å². The number of hydrogen-bond acceptors (Lipinski definition) is 7. The second kappa shape index (κ2) is 8.78. The minimum atomic E-state index is -0.970. The van der Waals surface area contributed by atoms with Gasteiger partial charge in [-0.3, -0.25) is 29.4 Å². The highest BCUT2D eigenvalue weighted by Gasteiger charge is 2.45. The van der Waals surface area contributed by atoms with Crippen LogP contribution in [-0.2, 0) is 22.7 Å². The summed E-state index contributed by atoms with van der Waals surface area (Å²) in [5.41, 5.74) is 1.27. The van der Waals surface area contributed by atoms with Gasteiger partial charge < -0.3 is 10.6 Å². The Labute approximate surface area is 190 Å². The maximum absolute atomic E-state index is 13.2. The normalized spacial score (nSPS) is 21.3. The molecular formula is C23H26N6O4. The van der Waals surface area contributed by atoms with Gasteiger partial charge in [0.15, 0.2) is 0 Å². The van der Waals surface area contributed by atoms with Gasteiger partial charge >= 0.3 is 0 Å². The molecule has 1 atom stereocenters. The molecule has 2 fully saturated rings. The predicted octanol–water partition coefficient (Wildman–Crippen LogP) is 0.896. The number of fused-ring (bicyclic) bond motifs is 1. The first-order valence-electron chi connectivity index (χ1n) is 11.3. The maximum atomic E-state index is 13.2. The monoisotopic (exact) mass is 450 g/mol. The summed E-state index contributed by atoms with van der Waals surface area (Å²) in [4.78, 5) is 51.0. The van der Waals surface area contributed by atoms with E-state index in [1.165, 1.54) is 0 Å². The van der Waals surface area contributed by atoms with Crippen LogP contribution in [0.5, 0.6) is 0 Å². The third-order valence-corrected chi connectivity index (χ3v) is 6.62. The third kappa shape index (κ3) is 4.02. The zero-order chi connectivity index (χ0) is 22.9. The van der Waals surface area contributed by atoms with E-state index in [1.807, 2.05) is 10.7 Å². The standard InChI is InChI=1S/C23H26N6O4/c30-19-5-4-17(21(31)27-19)29-22(32)16-3-1-2-15(20(16)23(29)33)12-25-18-8-11-26-28(18)13-14-6-9-24-10-7-14/h1-3,8,11,14,17,24-25H,4-7,9-10,12-13H2,(H,27,30,31). The second-order valence-corrected chi connectivity index (χ2v) is 8.73. The molecule has 3 aliphatic heterocycles. The highest BCUT2D eigenvalue weighted by Crippen LogP contribution is 2.30. The Morgan fingerprint density at radius 2 is 1.85 bits per heavy atom. The number of carbonyl (C=O) groups is 4. The van der Waals surface area contributed by atoms with Gasteiger partial charge in [0.1, 0.15) is 11.9 Å². The molecule has 3 aliphatic rings. The zero-order valence-electron chi connectivity index (χ0n) is 18.2. The van der Waals surface area contributed by atoms with E-state index in [0.29, 0.717) is 23.6 Å². The summed E-state index contributed by atoms with van der Waals surface area (Å²) in [5.74, 6) is -0.576. The van der Waals surface area contributed by atoms with Crippen LogP contribution in [0.4, 0.5) is 5.82 Å². The average molecular weight is 450 g/mol. The molecule has 0 aliphatic carbocycles. The number of nitrogens with one attached hydrogen (secondary N) is 3. The molecule has 1 aromatic heterocycles. The van der Waals surface area contributed by atoms with Crippen molar-refractivity contribution in [2.75, 3.05) is 18.4 Å². The molecule has 172 valence electrons. The number of carbonyl (C=O) groups excluding carboxylic acids is 4. The van der Waals surface area contributed by atoms with Gasteiger partial charge in [0.2, 0.25) is 11.8 Å². The first-order chi connectivity index (χ1) is 16.0. The molecule has 10 heteroatoms. The molecule has 33 heavy (non-hydrogen) atoms. The van der Waals surface area contributed by atoms with Crippen molar-refractivity contribution in [3.05, 3.63) is 47.2 Å². The molecule has 0 radical (unpaired) electrons. The second-order valence-electron chi connectivity index (χ2n) is 8.73. The third-order valence-electron chi connectivity index (χ3n) is 6.62. The van der Waals surface area contributed by atoms with Crippen molar-refractivity contribution >= 4 is 29.4 Å². The lowest BCUT2D eigenvalue weighted by Crippen LogP contribution is -2.54. The molecule has 0 saturated carbocycles. The SMILES string of the molecule is O=C1CCC(N2C(=O)c3cccc(CNc4ccnn4CC4CCNCC4)c3C2=O)C(=O)N1. The molecule has 10 nitrogen and oxygen atoms in total. The quantitative estimate of drug-likeness (QED) is 0.558. The van der Waals surface area contributed by atoms with Crippen molar-refractivity contribution in [3.63, 3.8) is 0 Å². The van der Waals surface area contributed by atoms with Gasteiger partial charge in [0.25, 0.3) is 11.8 Å². The van der Waals surface area contributed by atoms with Gasteiger partial charge in [-0.15, -0.1) is 0 Å². The van der Waals surface area contributed by atoms with Crippen LogP contribution >= 0.6 is 0 Å². The van der Waals surface area contributed by atoms with Crippen LogP contribution in [0.15, 0.2) is 30.5 Å². The Morgan fingerprint density at radius 1 is 1.03 bits per heavy atom. The fraction of sp³-hybridized carbons (Fsp3) is 0.435. The lowest BCUT2D eigenvalue weighted by Gasteiger charge is -2.27. The van der Waals surface area contributed by atoms with Crippen LogP contribution < -0.4 is 16.0 Å². The van der Waals surface area contributed by atoms with Crippen molar-refractivity contribution in [1.82, 2.24) is 25.3 Å². The largest absolute Gasteiger partial charge is 0.366 e. The number of rotatable bonds is 6. The molecule has 2 aromatic rings. The molecule has 3 N–H and O–H groups in total. The Hall–Kier alpha value is -3.53. The Bertz CT molecular complexity index is 1120. The number of aromatic nitrogens is 2. The summed E-state index contributed by atoms with van der Waals surface area (Å²) in [6.45, 7) is 3.20. The lowest BCUT2D eigenvalue weighted by atomic mass is 9.98. The van der Waals surface area contributed by atoms with E-state index in [0.717, 1.165) is 43.2 Å². The van der Waals surface area contributed by atoms with E-state index in [2.05, 4.69) is 21.0 Å². The molecule has 0 spiro atoms. The average Bonchev–Trinajstić information content (AvgIpc) is 3.36. The fourth-order valence-electron chi connectivity index (χ4n) is 4.86. The maximum Gasteiger partial charge on any atom is 0.262 e. The molecule has 5 rings (SSSR count). The smallest absolute Gasteiger partial charge is 0.262 e. The summed E-state index contributed by atoms with van der Waals surface area (Å²) in [6, 6.07) is 6.07. The summed E-state index contributed by atoms with van der Waals surface area (Å²) in [5, 5.41) is 13.4. The number of imide groups is 2. The highest BCUT2D eigenvalue weighted by molar-refractivity contribution is 6.24. The van der Waals surface area contributed by atoms with Crippen molar-refractivity contribution < 1.29 is 19.2 Å². The molecule has 0 bridgehead atoms. The van der Waals surface area contributed by atoms with E-state index in [4.69, 9.17) is 0 Å². The summed E-state index contributed by atoms with van der Waals surface area (Å²) >= 11 is 0. The molecule has 2 saturated heterocycles. The van der Waals surface area contributed by atoms with Crippen molar-refractivity contribution in [1.29, 1.82) is 0 Å². The molecule has 1 aromatic carbocycles. The zero-order valence-corrected chi connectivity index (χ0v) is 18.2. The van der Waals surface area contributed by atoms with Crippen LogP contribution in [-0.4, -0.2) is 57.4 Å². The van der Waals surface area contributed by atoms with E-state index >= 15 is 0 Å². The summed E-state index contributed by atoms with van der Waals surface area (Å²) in [6.07, 6.45) is 4.20. The van der Waals surface area contributed by atoms with Crippen molar-refractivity contribution in [2.24, 2.45) is 5.92 Å². The van der Waals surface area contributed by atoms with Gasteiger partial charge in [-0.1, -0.05) is 12.1 Å². The van der Waals surface area contributed by atoms with Crippen LogP contribution in [0.1, 0.15) is 52.0 Å². The van der Waals surface area contributed by atoms with E-state index < -0.39 is 23.8 Å². The summed E-state index contributed by atoms with van der Waals surface area (Å²) < 4.78 is 1.95. The van der Waals surface area contributed by atoms with Gasteiger partial charge in [-0.2, -0.15) is 5.10 Å². The van der Waals surface area contributed by atoms with E-state index in [-0.39, 0.29) is 24.3 Å². The number of nitrogens with zero attached hydrogens (tertiary/aromatic N) is 3. The van der Waals surface area contributed by atoms with Crippen LogP contribution in [0.2, 0.25) is 0 Å². The van der Waals surface area contributed by atoms with Crippen LogP contribution in [0.3, 0.4) is 0 Å². The number of anilines is 1. The Kier molecular flexibility index (Phi) is 5.67. The van der Waals surface area contributed by atoms with Crippen molar-refractivity contribution in [3.8, 4) is 0 Å². The minimum Gasteiger partial charge on any atom is -0.366 e. The number of piperidine rings is 2. The fourth-order valence-corrected chi connectivity index (χ4v) is 4.86. The molecule has 4 amide bonds. The molecular weight excluding hydrogens is 424 g/mol. The number of amides is 4. The Morgan fingerprint density at radius 3 is 2.64 bits per heavy atom. The number of benzene rings is 1. The topological polar surface area (TPSA) is 125 Å². The van der Waals surface area contributed by atoms with Crippen LogP contribution in [0, 0.1) is 5.92 Å². The van der Waals surface area contributed by atoms with Gasteiger partial charge in [0.05, 0.1) is 17.3 Å². The van der Waals surface area contributed by atoms with Crippen LogP contribution in [0.25, 0.3) is 0 Å². The van der Waals surface area contributed by atoms with Gasteiger partial charge in [0, 0.05) is 25.6 Å². The predicted molar refractivity (Wildman–Crippen MR) is 118 cm³/mol. The summed E-state index contributed by atoms with van der Waals surface area (Å²) in [7, 11) is 0. The molecule has 4 heterocycles. The van der Waals surface area contributed by atoms with Gasteiger partial charge in [-0.25, -0.2) is 4.68 Å². The minimum absolute atomic E-state index is 0.0965. The first-order valence-corrected chi connectivity index (χ1v) is 11.3.